The normalized spacial score (nSPS) is 18.7. The fraction of sp³-hybridized carbons (Fsp3) is 0.360. The standard InChI is InChI=1S/C25H24N10O3/c1-14(35-13-29-22-20(35)24(37)34(8-6-26)25(38)32(22)2)23(36)31-18-5-7-27-21(30-18)15-3-4-19(28-10-15)33-11-16-9-17(16)12-33/h3-5,7,10,13-14,16-17H,8-9,11-12H2,1-2H3,(H,27,30,31,36)/t14-,16-,17?/m0/s1. The quantitative estimate of drug-likeness (QED) is 0.397. The number of hydrogen-bond donors (Lipinski definition) is 1. The predicted molar refractivity (Wildman–Crippen MR) is 137 cm³/mol. The number of amides is 1. The molecule has 0 bridgehead atoms. The first kappa shape index (κ1) is 23.5. The molecule has 1 aliphatic heterocycles. The Kier molecular flexibility index (Phi) is 5.52. The second-order valence-electron chi connectivity index (χ2n) is 9.71. The molecule has 3 atom stereocenters. The average Bonchev–Trinajstić information content (AvgIpc) is 3.32. The number of aromatic nitrogens is 7. The van der Waals surface area contributed by atoms with Crippen LogP contribution in [0.5, 0.6) is 0 Å². The van der Waals surface area contributed by atoms with E-state index in [0.717, 1.165) is 40.9 Å². The topological polar surface area (TPSA) is 157 Å². The Bertz CT molecular complexity index is 1720. The maximum absolute atomic E-state index is 13.1. The maximum Gasteiger partial charge on any atom is 0.333 e. The lowest BCUT2D eigenvalue weighted by Gasteiger charge is -2.18. The molecule has 1 aliphatic carbocycles. The van der Waals surface area contributed by atoms with Gasteiger partial charge in [0.15, 0.2) is 17.0 Å². The second-order valence-corrected chi connectivity index (χ2v) is 9.71. The highest BCUT2D eigenvalue weighted by Crippen LogP contribution is 2.45. The molecule has 2 aliphatic rings. The van der Waals surface area contributed by atoms with Gasteiger partial charge in [-0.05, 0) is 43.4 Å². The van der Waals surface area contributed by atoms with E-state index < -0.39 is 29.7 Å². The van der Waals surface area contributed by atoms with E-state index in [0.29, 0.717) is 5.82 Å². The number of anilines is 2. The molecule has 4 aromatic rings. The van der Waals surface area contributed by atoms with Gasteiger partial charge in [-0.3, -0.25) is 14.2 Å². The highest BCUT2D eigenvalue weighted by molar-refractivity contribution is 5.93. The zero-order chi connectivity index (χ0) is 26.6. The molecule has 0 spiro atoms. The summed E-state index contributed by atoms with van der Waals surface area (Å²) in [4.78, 5) is 58.4. The lowest BCUT2D eigenvalue weighted by Crippen LogP contribution is -2.40. The molecular formula is C25H24N10O3. The number of imidazole rings is 1. The molecule has 0 aromatic carbocycles. The molecule has 1 saturated heterocycles. The first-order chi connectivity index (χ1) is 18.4. The summed E-state index contributed by atoms with van der Waals surface area (Å²) < 4.78 is 3.37. The van der Waals surface area contributed by atoms with E-state index in [1.807, 2.05) is 18.2 Å². The third-order valence-corrected chi connectivity index (χ3v) is 7.30. The summed E-state index contributed by atoms with van der Waals surface area (Å²) in [6, 6.07) is 6.40. The molecule has 1 unspecified atom stereocenters. The van der Waals surface area contributed by atoms with Crippen LogP contribution in [0, 0.1) is 23.2 Å². The number of nitrogens with zero attached hydrogens (tertiary/aromatic N) is 9. The van der Waals surface area contributed by atoms with Gasteiger partial charge >= 0.3 is 5.69 Å². The summed E-state index contributed by atoms with van der Waals surface area (Å²) >= 11 is 0. The monoisotopic (exact) mass is 512 g/mol. The van der Waals surface area contributed by atoms with Gasteiger partial charge in [0.1, 0.15) is 24.2 Å². The third-order valence-electron chi connectivity index (χ3n) is 7.30. The molecular weight excluding hydrogens is 488 g/mol. The van der Waals surface area contributed by atoms with Crippen molar-refractivity contribution in [3.8, 4) is 17.5 Å². The Morgan fingerprint density at radius 2 is 1.97 bits per heavy atom. The number of pyridine rings is 1. The fourth-order valence-electron chi connectivity index (χ4n) is 5.01. The van der Waals surface area contributed by atoms with Gasteiger partial charge in [0.25, 0.3) is 5.56 Å². The number of aryl methyl sites for hydroxylation is 1. The van der Waals surface area contributed by atoms with E-state index in [2.05, 4.69) is 30.2 Å². The summed E-state index contributed by atoms with van der Waals surface area (Å²) in [6.45, 7) is 3.30. The lowest BCUT2D eigenvalue weighted by atomic mass is 10.2. The van der Waals surface area contributed by atoms with Crippen molar-refractivity contribution in [1.29, 1.82) is 5.26 Å². The van der Waals surface area contributed by atoms with Crippen molar-refractivity contribution in [2.45, 2.75) is 25.9 Å². The molecule has 6 rings (SSSR count). The Hall–Kier alpha value is -4.86. The summed E-state index contributed by atoms with van der Waals surface area (Å²) in [5, 5.41) is 11.8. The average molecular weight is 513 g/mol. The SMILES string of the molecule is C[C@@H](C(=O)Nc1ccnc(-c2ccc(N3CC4C[C@H]4C3)nc2)n1)n1cnc2c1c(=O)n(CC#N)c(=O)n2C. The van der Waals surface area contributed by atoms with Crippen LogP contribution < -0.4 is 21.5 Å². The largest absolute Gasteiger partial charge is 0.356 e. The van der Waals surface area contributed by atoms with Crippen molar-refractivity contribution in [3.63, 3.8) is 0 Å². The van der Waals surface area contributed by atoms with Crippen LogP contribution in [0.15, 0.2) is 46.5 Å². The molecule has 4 aromatic heterocycles. The van der Waals surface area contributed by atoms with Crippen LogP contribution in [0.1, 0.15) is 19.4 Å². The predicted octanol–water partition coefficient (Wildman–Crippen LogP) is 0.928. The van der Waals surface area contributed by atoms with Crippen LogP contribution in [0.2, 0.25) is 0 Å². The Morgan fingerprint density at radius 1 is 1.18 bits per heavy atom. The summed E-state index contributed by atoms with van der Waals surface area (Å²) in [5.41, 5.74) is -0.441. The number of rotatable bonds is 6. The van der Waals surface area contributed by atoms with Gasteiger partial charge in [0.05, 0.1) is 12.4 Å². The van der Waals surface area contributed by atoms with Crippen LogP contribution >= 0.6 is 0 Å². The van der Waals surface area contributed by atoms with E-state index in [1.54, 1.807) is 25.4 Å². The van der Waals surface area contributed by atoms with Gasteiger partial charge in [0, 0.05) is 38.1 Å². The Labute approximate surface area is 216 Å². The van der Waals surface area contributed by atoms with Crippen molar-refractivity contribution in [3.05, 3.63) is 57.8 Å². The smallest absolute Gasteiger partial charge is 0.333 e. The van der Waals surface area contributed by atoms with E-state index in [-0.39, 0.29) is 17.0 Å². The van der Waals surface area contributed by atoms with Gasteiger partial charge in [-0.25, -0.2) is 29.3 Å². The minimum Gasteiger partial charge on any atom is -0.356 e. The highest BCUT2D eigenvalue weighted by atomic mass is 16.2. The van der Waals surface area contributed by atoms with E-state index in [9.17, 15) is 14.4 Å². The number of piperidine rings is 1. The van der Waals surface area contributed by atoms with Crippen molar-refractivity contribution in [2.75, 3.05) is 23.3 Å². The first-order valence-electron chi connectivity index (χ1n) is 12.2. The third kappa shape index (κ3) is 3.90. The van der Waals surface area contributed by atoms with Gasteiger partial charge in [-0.15, -0.1) is 0 Å². The van der Waals surface area contributed by atoms with Crippen molar-refractivity contribution < 1.29 is 4.79 Å². The molecule has 0 radical (unpaired) electrons. The molecule has 1 amide bonds. The minimum absolute atomic E-state index is 0.0508. The molecule has 1 saturated carbocycles. The zero-order valence-corrected chi connectivity index (χ0v) is 20.8. The number of carbonyl (C=O) groups is 1. The number of nitrogens with one attached hydrogen (secondary N) is 1. The van der Waals surface area contributed by atoms with Gasteiger partial charge in [0.2, 0.25) is 5.91 Å². The maximum atomic E-state index is 13.1. The first-order valence-corrected chi connectivity index (χ1v) is 12.2. The number of fused-ring (bicyclic) bond motifs is 2. The molecule has 38 heavy (non-hydrogen) atoms. The molecule has 13 heteroatoms. The van der Waals surface area contributed by atoms with Gasteiger partial charge in [-0.2, -0.15) is 5.26 Å². The van der Waals surface area contributed by atoms with E-state index in [4.69, 9.17) is 5.26 Å². The number of nitriles is 1. The molecule has 13 nitrogen and oxygen atoms in total. The van der Waals surface area contributed by atoms with Crippen LogP contribution in [0.3, 0.4) is 0 Å². The van der Waals surface area contributed by atoms with Crippen LogP contribution in [-0.2, 0) is 18.4 Å². The molecule has 1 N–H and O–H groups in total. The summed E-state index contributed by atoms with van der Waals surface area (Å²) in [6.07, 6.45) is 5.94. The molecule has 192 valence electrons. The number of hydrogen-bond acceptors (Lipinski definition) is 9. The van der Waals surface area contributed by atoms with Crippen LogP contribution in [0.25, 0.3) is 22.6 Å². The summed E-state index contributed by atoms with van der Waals surface area (Å²) in [5.74, 6) is 2.82. The lowest BCUT2D eigenvalue weighted by molar-refractivity contribution is -0.118. The summed E-state index contributed by atoms with van der Waals surface area (Å²) in [7, 11) is 1.46. The van der Waals surface area contributed by atoms with Gasteiger partial charge in [-0.1, -0.05) is 0 Å². The van der Waals surface area contributed by atoms with E-state index >= 15 is 0 Å². The minimum atomic E-state index is -0.869. The number of carbonyl (C=O) groups excluding carboxylic acids is 1. The second kappa shape index (κ2) is 8.91. The van der Waals surface area contributed by atoms with Crippen LogP contribution in [0.4, 0.5) is 11.6 Å². The molecule has 5 heterocycles. The van der Waals surface area contributed by atoms with E-state index in [1.165, 1.54) is 28.9 Å². The Balaban J connectivity index is 1.23. The Morgan fingerprint density at radius 3 is 2.68 bits per heavy atom. The fourth-order valence-corrected chi connectivity index (χ4v) is 5.01. The van der Waals surface area contributed by atoms with Crippen molar-refractivity contribution in [1.82, 2.24) is 33.6 Å². The zero-order valence-electron chi connectivity index (χ0n) is 20.8. The highest BCUT2D eigenvalue weighted by Gasteiger charge is 2.45. The van der Waals surface area contributed by atoms with Crippen LogP contribution in [-0.4, -0.2) is 52.6 Å². The molecule has 2 fully saturated rings. The van der Waals surface area contributed by atoms with Crippen molar-refractivity contribution >= 4 is 28.7 Å². The van der Waals surface area contributed by atoms with Gasteiger partial charge < -0.3 is 14.8 Å². The van der Waals surface area contributed by atoms with Crippen molar-refractivity contribution in [2.24, 2.45) is 18.9 Å².